The van der Waals surface area contributed by atoms with Crippen LogP contribution in [0.3, 0.4) is 0 Å². The molecule has 1 aliphatic carbocycles. The predicted molar refractivity (Wildman–Crippen MR) is 61.0 cm³/mol. The number of nitrogens with one attached hydrogen (secondary N) is 1. The van der Waals surface area contributed by atoms with Crippen LogP contribution in [0, 0.1) is 5.92 Å². The number of carbonyl (C=O) groups excluding carboxylic acids is 1. The first-order chi connectivity index (χ1) is 7.63. The van der Waals surface area contributed by atoms with Crippen LogP contribution in [0.15, 0.2) is 0 Å². The van der Waals surface area contributed by atoms with Crippen molar-refractivity contribution in [2.24, 2.45) is 5.92 Å². The molecule has 0 aliphatic heterocycles. The van der Waals surface area contributed by atoms with Crippen molar-refractivity contribution in [3.63, 3.8) is 0 Å². The van der Waals surface area contributed by atoms with E-state index in [1.165, 1.54) is 19.3 Å². The molecule has 0 bridgehead atoms. The summed E-state index contributed by atoms with van der Waals surface area (Å²) in [5.41, 5.74) is 0. The standard InChI is InChI=1S/C12H21NO3/c1-2-10(9-6-4-3-5-7-9)13-11(14)8-12(15)16/h9-10H,2-8H2,1H3,(H,13,14)(H,15,16). The Kier molecular flexibility index (Phi) is 5.29. The number of amides is 1. The highest BCUT2D eigenvalue weighted by Gasteiger charge is 2.24. The van der Waals surface area contributed by atoms with E-state index in [-0.39, 0.29) is 11.9 Å². The molecule has 1 unspecified atom stereocenters. The zero-order valence-corrected chi connectivity index (χ0v) is 9.87. The Morgan fingerprint density at radius 2 is 1.94 bits per heavy atom. The molecule has 1 atom stereocenters. The first-order valence-electron chi connectivity index (χ1n) is 6.14. The van der Waals surface area contributed by atoms with Crippen LogP contribution in [-0.2, 0) is 9.59 Å². The molecule has 4 nitrogen and oxygen atoms in total. The van der Waals surface area contributed by atoms with Crippen LogP contribution in [0.2, 0.25) is 0 Å². The molecule has 4 heteroatoms. The van der Waals surface area contributed by atoms with Gasteiger partial charge in [-0.25, -0.2) is 0 Å². The number of rotatable bonds is 5. The molecule has 0 saturated heterocycles. The lowest BCUT2D eigenvalue weighted by molar-refractivity contribution is -0.141. The van der Waals surface area contributed by atoms with Crippen molar-refractivity contribution in [1.29, 1.82) is 0 Å². The molecule has 0 aromatic carbocycles. The lowest BCUT2D eigenvalue weighted by atomic mass is 9.83. The van der Waals surface area contributed by atoms with E-state index in [4.69, 9.17) is 5.11 Å². The Morgan fingerprint density at radius 3 is 2.44 bits per heavy atom. The highest BCUT2D eigenvalue weighted by atomic mass is 16.4. The Morgan fingerprint density at radius 1 is 1.31 bits per heavy atom. The minimum atomic E-state index is -1.06. The molecule has 0 spiro atoms. The fraction of sp³-hybridized carbons (Fsp3) is 0.833. The maximum absolute atomic E-state index is 11.4. The van der Waals surface area contributed by atoms with Crippen LogP contribution in [-0.4, -0.2) is 23.0 Å². The molecular formula is C12H21NO3. The van der Waals surface area contributed by atoms with Crippen LogP contribution in [0.4, 0.5) is 0 Å². The van der Waals surface area contributed by atoms with Gasteiger partial charge in [-0.15, -0.1) is 0 Å². The number of hydrogen-bond donors (Lipinski definition) is 2. The molecule has 16 heavy (non-hydrogen) atoms. The summed E-state index contributed by atoms with van der Waals surface area (Å²) in [6, 6.07) is 0.159. The number of carboxylic acid groups (broad SMARTS) is 1. The third-order valence-corrected chi connectivity index (χ3v) is 3.32. The smallest absolute Gasteiger partial charge is 0.312 e. The van der Waals surface area contributed by atoms with Gasteiger partial charge in [-0.1, -0.05) is 26.2 Å². The van der Waals surface area contributed by atoms with Crippen LogP contribution in [0.5, 0.6) is 0 Å². The first kappa shape index (κ1) is 13.0. The van der Waals surface area contributed by atoms with Crippen molar-refractivity contribution in [2.75, 3.05) is 0 Å². The molecule has 0 heterocycles. The monoisotopic (exact) mass is 227 g/mol. The quantitative estimate of drug-likeness (QED) is 0.705. The average Bonchev–Trinajstić information content (AvgIpc) is 2.26. The summed E-state index contributed by atoms with van der Waals surface area (Å²) < 4.78 is 0. The minimum absolute atomic E-state index is 0.159. The molecule has 1 fully saturated rings. The van der Waals surface area contributed by atoms with Crippen molar-refractivity contribution in [3.05, 3.63) is 0 Å². The Hall–Kier alpha value is -1.06. The van der Waals surface area contributed by atoms with E-state index >= 15 is 0 Å². The summed E-state index contributed by atoms with van der Waals surface area (Å²) in [6.45, 7) is 2.04. The maximum Gasteiger partial charge on any atom is 0.312 e. The average molecular weight is 227 g/mol. The van der Waals surface area contributed by atoms with E-state index < -0.39 is 12.4 Å². The highest BCUT2D eigenvalue weighted by molar-refractivity contribution is 5.93. The molecule has 1 rings (SSSR count). The van der Waals surface area contributed by atoms with Gasteiger partial charge in [0.05, 0.1) is 0 Å². The minimum Gasteiger partial charge on any atom is -0.481 e. The van der Waals surface area contributed by atoms with Crippen molar-refractivity contribution in [1.82, 2.24) is 5.32 Å². The SMILES string of the molecule is CCC(NC(=O)CC(=O)O)C1CCCCC1. The molecule has 92 valence electrons. The number of carboxylic acids is 1. The molecule has 0 aromatic rings. The van der Waals surface area contributed by atoms with E-state index in [1.807, 2.05) is 6.92 Å². The van der Waals surface area contributed by atoms with Gasteiger partial charge >= 0.3 is 5.97 Å². The molecule has 1 aliphatic rings. The van der Waals surface area contributed by atoms with Gasteiger partial charge in [0.15, 0.2) is 0 Å². The van der Waals surface area contributed by atoms with Gasteiger partial charge in [0.2, 0.25) is 5.91 Å². The van der Waals surface area contributed by atoms with Gasteiger partial charge in [0.1, 0.15) is 6.42 Å². The summed E-state index contributed by atoms with van der Waals surface area (Å²) in [6.07, 6.45) is 6.54. The van der Waals surface area contributed by atoms with E-state index in [0.717, 1.165) is 19.3 Å². The van der Waals surface area contributed by atoms with Gasteiger partial charge in [-0.2, -0.15) is 0 Å². The zero-order chi connectivity index (χ0) is 12.0. The Balaban J connectivity index is 2.40. The fourth-order valence-corrected chi connectivity index (χ4v) is 2.48. The lowest BCUT2D eigenvalue weighted by Gasteiger charge is -2.30. The summed E-state index contributed by atoms with van der Waals surface area (Å²) in [4.78, 5) is 21.8. The van der Waals surface area contributed by atoms with Gasteiger partial charge in [0.25, 0.3) is 0 Å². The van der Waals surface area contributed by atoms with Crippen LogP contribution in [0.25, 0.3) is 0 Å². The number of hydrogen-bond acceptors (Lipinski definition) is 2. The third-order valence-electron chi connectivity index (χ3n) is 3.32. The van der Waals surface area contributed by atoms with Crippen molar-refractivity contribution >= 4 is 11.9 Å². The van der Waals surface area contributed by atoms with Crippen LogP contribution >= 0.6 is 0 Å². The highest BCUT2D eigenvalue weighted by Crippen LogP contribution is 2.27. The van der Waals surface area contributed by atoms with Crippen LogP contribution < -0.4 is 5.32 Å². The molecule has 0 radical (unpaired) electrons. The molecular weight excluding hydrogens is 206 g/mol. The second kappa shape index (κ2) is 6.51. The zero-order valence-electron chi connectivity index (χ0n) is 9.87. The number of aliphatic carboxylic acids is 1. The molecule has 2 N–H and O–H groups in total. The maximum atomic E-state index is 11.4. The molecule has 1 amide bonds. The van der Waals surface area contributed by atoms with Crippen molar-refractivity contribution < 1.29 is 14.7 Å². The van der Waals surface area contributed by atoms with E-state index in [0.29, 0.717) is 5.92 Å². The van der Waals surface area contributed by atoms with Gasteiger partial charge in [0, 0.05) is 6.04 Å². The second-order valence-corrected chi connectivity index (χ2v) is 4.55. The molecule has 1 saturated carbocycles. The van der Waals surface area contributed by atoms with Gasteiger partial charge in [-0.3, -0.25) is 9.59 Å². The van der Waals surface area contributed by atoms with Crippen molar-refractivity contribution in [3.8, 4) is 0 Å². The van der Waals surface area contributed by atoms with E-state index in [1.54, 1.807) is 0 Å². The number of carbonyl (C=O) groups is 2. The molecule has 0 aromatic heterocycles. The van der Waals surface area contributed by atoms with Gasteiger partial charge in [-0.05, 0) is 25.2 Å². The van der Waals surface area contributed by atoms with Gasteiger partial charge < -0.3 is 10.4 Å². The topological polar surface area (TPSA) is 66.4 Å². The fourth-order valence-electron chi connectivity index (χ4n) is 2.48. The Bertz CT molecular complexity index is 247. The predicted octanol–water partition coefficient (Wildman–Crippen LogP) is 1.94. The van der Waals surface area contributed by atoms with Crippen LogP contribution in [0.1, 0.15) is 51.9 Å². The first-order valence-corrected chi connectivity index (χ1v) is 6.14. The second-order valence-electron chi connectivity index (χ2n) is 4.55. The largest absolute Gasteiger partial charge is 0.481 e. The van der Waals surface area contributed by atoms with E-state index in [2.05, 4.69) is 5.32 Å². The van der Waals surface area contributed by atoms with E-state index in [9.17, 15) is 9.59 Å². The van der Waals surface area contributed by atoms with Crippen molar-refractivity contribution in [2.45, 2.75) is 57.9 Å². The summed E-state index contributed by atoms with van der Waals surface area (Å²) in [7, 11) is 0. The normalized spacial score (nSPS) is 19.1. The lowest BCUT2D eigenvalue weighted by Crippen LogP contribution is -2.41. The third kappa shape index (κ3) is 4.21. The summed E-state index contributed by atoms with van der Waals surface area (Å²) >= 11 is 0. The Labute approximate surface area is 96.4 Å². The summed E-state index contributed by atoms with van der Waals surface area (Å²) in [5, 5.41) is 11.4. The summed E-state index contributed by atoms with van der Waals surface area (Å²) in [5.74, 6) is -0.877.